The maximum atomic E-state index is 5.40. The molecule has 9 nitrogen and oxygen atoms in total. The lowest BCUT2D eigenvalue weighted by molar-refractivity contribution is -0.0946. The molecular weight excluding hydrogens is 606 g/mol. The molecule has 0 saturated carbocycles. The number of ether oxygens (including phenoxy) is 6. The Labute approximate surface area is 286 Å². The van der Waals surface area contributed by atoms with E-state index < -0.39 is 0 Å². The predicted molar refractivity (Wildman–Crippen MR) is 196 cm³/mol. The summed E-state index contributed by atoms with van der Waals surface area (Å²) >= 11 is 0. The van der Waals surface area contributed by atoms with Gasteiger partial charge in [-0.15, -0.1) is 0 Å². The molecule has 4 rings (SSSR count). The number of hydrogen-bond donors (Lipinski definition) is 0. The monoisotopic (exact) mass is 657 g/mol. The zero-order chi connectivity index (χ0) is 34.6. The third kappa shape index (κ3) is 9.56. The molecule has 0 radical (unpaired) electrons. The van der Waals surface area contributed by atoms with E-state index in [-0.39, 0.29) is 18.9 Å². The normalized spacial score (nSPS) is 11.5. The lowest BCUT2D eigenvalue weighted by Crippen LogP contribution is -2.31. The fourth-order valence-electron chi connectivity index (χ4n) is 5.58. The summed E-state index contributed by atoms with van der Waals surface area (Å²) in [5, 5.41) is 0. The number of nitrogens with zero attached hydrogens (tertiary/aromatic N) is 3. The summed E-state index contributed by atoms with van der Waals surface area (Å²) < 4.78 is 32.4. The van der Waals surface area contributed by atoms with E-state index in [0.29, 0.717) is 19.6 Å². The van der Waals surface area contributed by atoms with Crippen molar-refractivity contribution in [3.63, 3.8) is 0 Å². The molecule has 0 aromatic heterocycles. The Hall–Kier alpha value is -3.96. The second kappa shape index (κ2) is 18.0. The van der Waals surface area contributed by atoms with Crippen molar-refractivity contribution in [2.45, 2.75) is 18.9 Å². The van der Waals surface area contributed by atoms with Crippen molar-refractivity contribution in [3.8, 4) is 33.4 Å². The van der Waals surface area contributed by atoms with Crippen LogP contribution in [-0.4, -0.2) is 102 Å². The topological polar surface area (TPSA) is 65.1 Å². The lowest BCUT2D eigenvalue weighted by atomic mass is 9.93. The molecule has 0 spiro atoms. The summed E-state index contributed by atoms with van der Waals surface area (Å²) in [5.74, 6) is 0. The summed E-state index contributed by atoms with van der Waals surface area (Å²) in [6, 6.07) is 32.6. The van der Waals surface area contributed by atoms with Crippen LogP contribution in [0.15, 0.2) is 91.0 Å². The molecular formula is C39H51N3O6. The SMILES string of the molecule is COC(CN(C)c1ccc(-c2cc(-c3ccc(N(C)CC(OC)OC)cc3)cc(-c3ccc(N(C)CC(OC)OC)cc3)c2)cc1)OC. The quantitative estimate of drug-likeness (QED) is 0.107. The van der Waals surface area contributed by atoms with Crippen molar-refractivity contribution in [2.24, 2.45) is 0 Å². The van der Waals surface area contributed by atoms with Gasteiger partial charge in [0.25, 0.3) is 0 Å². The molecule has 48 heavy (non-hydrogen) atoms. The number of rotatable bonds is 18. The zero-order valence-corrected chi connectivity index (χ0v) is 29.8. The third-order valence-corrected chi connectivity index (χ3v) is 8.70. The Morgan fingerprint density at radius 1 is 0.354 bits per heavy atom. The smallest absolute Gasteiger partial charge is 0.174 e. The van der Waals surface area contributed by atoms with Crippen LogP contribution in [0.3, 0.4) is 0 Å². The molecule has 0 atom stereocenters. The predicted octanol–water partition coefficient (Wildman–Crippen LogP) is 6.85. The van der Waals surface area contributed by atoms with Gasteiger partial charge in [-0.1, -0.05) is 36.4 Å². The van der Waals surface area contributed by atoms with Crippen molar-refractivity contribution in [1.82, 2.24) is 0 Å². The van der Waals surface area contributed by atoms with Crippen LogP contribution in [0.2, 0.25) is 0 Å². The summed E-state index contributed by atoms with van der Waals surface area (Å²) in [6.45, 7) is 1.87. The van der Waals surface area contributed by atoms with E-state index in [1.165, 1.54) is 0 Å². The molecule has 0 aliphatic rings. The average Bonchev–Trinajstić information content (AvgIpc) is 3.14. The van der Waals surface area contributed by atoms with E-state index in [1.807, 2.05) is 21.1 Å². The van der Waals surface area contributed by atoms with Gasteiger partial charge in [-0.2, -0.15) is 0 Å². The molecule has 0 N–H and O–H groups in total. The molecule has 9 heteroatoms. The van der Waals surface area contributed by atoms with Gasteiger partial charge in [-0.3, -0.25) is 0 Å². The minimum atomic E-state index is -0.297. The highest BCUT2D eigenvalue weighted by molar-refractivity contribution is 5.82. The minimum absolute atomic E-state index is 0.297. The molecule has 0 bridgehead atoms. The average molecular weight is 658 g/mol. The van der Waals surface area contributed by atoms with Gasteiger partial charge in [-0.25, -0.2) is 0 Å². The van der Waals surface area contributed by atoms with Crippen molar-refractivity contribution in [3.05, 3.63) is 91.0 Å². The van der Waals surface area contributed by atoms with Crippen LogP contribution >= 0.6 is 0 Å². The van der Waals surface area contributed by atoms with E-state index >= 15 is 0 Å². The van der Waals surface area contributed by atoms with E-state index in [0.717, 1.165) is 50.4 Å². The fraction of sp³-hybridized carbons (Fsp3) is 0.385. The van der Waals surface area contributed by atoms with Crippen LogP contribution in [0.25, 0.3) is 33.4 Å². The number of likely N-dealkylation sites (N-methyl/N-ethyl adjacent to an activating group) is 3. The fourth-order valence-corrected chi connectivity index (χ4v) is 5.58. The van der Waals surface area contributed by atoms with E-state index in [2.05, 4.69) is 106 Å². The van der Waals surface area contributed by atoms with Gasteiger partial charge in [0.15, 0.2) is 18.9 Å². The van der Waals surface area contributed by atoms with Crippen molar-refractivity contribution in [2.75, 3.05) is 98.1 Å². The van der Waals surface area contributed by atoms with Gasteiger partial charge in [0.1, 0.15) is 0 Å². The standard InChI is InChI=1S/C39H51N3O6/c1-40(25-37(43-4)44-5)34-16-10-28(11-17-34)31-22-32(29-12-18-35(19-13-29)41(2)26-38(45-6)46-7)24-33(23-31)30-14-20-36(21-15-30)42(3)27-39(47-8)48-9/h10-24,37-39H,25-27H2,1-9H3. The number of hydrogen-bond acceptors (Lipinski definition) is 9. The van der Waals surface area contributed by atoms with Gasteiger partial charge in [0.2, 0.25) is 0 Å². The van der Waals surface area contributed by atoms with Crippen LogP contribution in [0.4, 0.5) is 17.1 Å². The summed E-state index contributed by atoms with van der Waals surface area (Å²) in [4.78, 5) is 6.39. The van der Waals surface area contributed by atoms with E-state index in [1.54, 1.807) is 42.7 Å². The van der Waals surface area contributed by atoms with Crippen LogP contribution in [-0.2, 0) is 28.4 Å². The van der Waals surface area contributed by atoms with Crippen LogP contribution in [0.5, 0.6) is 0 Å². The number of anilines is 3. The van der Waals surface area contributed by atoms with Crippen LogP contribution < -0.4 is 14.7 Å². The third-order valence-electron chi connectivity index (χ3n) is 8.70. The highest BCUT2D eigenvalue weighted by Crippen LogP contribution is 2.35. The van der Waals surface area contributed by atoms with Gasteiger partial charge in [0, 0.05) is 80.9 Å². The Kier molecular flexibility index (Phi) is 13.8. The lowest BCUT2D eigenvalue weighted by Gasteiger charge is -2.24. The maximum Gasteiger partial charge on any atom is 0.174 e. The number of benzene rings is 4. The highest BCUT2D eigenvalue weighted by Gasteiger charge is 2.14. The number of methoxy groups -OCH3 is 6. The van der Waals surface area contributed by atoms with Crippen molar-refractivity contribution < 1.29 is 28.4 Å². The maximum absolute atomic E-state index is 5.40. The van der Waals surface area contributed by atoms with Gasteiger partial charge < -0.3 is 43.1 Å². The summed E-state index contributed by atoms with van der Waals surface area (Å²) in [5.41, 5.74) is 10.1. The first kappa shape index (κ1) is 36.9. The van der Waals surface area contributed by atoms with Gasteiger partial charge in [0.05, 0.1) is 19.6 Å². The molecule has 4 aromatic rings. The summed E-state index contributed by atoms with van der Waals surface area (Å²) in [6.07, 6.45) is -0.892. The summed E-state index contributed by atoms with van der Waals surface area (Å²) in [7, 11) is 16.1. The van der Waals surface area contributed by atoms with Crippen molar-refractivity contribution in [1.29, 1.82) is 0 Å². The zero-order valence-electron chi connectivity index (χ0n) is 29.8. The first-order valence-electron chi connectivity index (χ1n) is 16.0. The molecule has 0 aliphatic heterocycles. The highest BCUT2D eigenvalue weighted by atomic mass is 16.7. The minimum Gasteiger partial charge on any atom is -0.369 e. The second-order valence-electron chi connectivity index (χ2n) is 11.8. The van der Waals surface area contributed by atoms with E-state index in [9.17, 15) is 0 Å². The molecule has 0 aliphatic carbocycles. The van der Waals surface area contributed by atoms with Crippen LogP contribution in [0.1, 0.15) is 0 Å². The first-order valence-corrected chi connectivity index (χ1v) is 16.0. The first-order chi connectivity index (χ1) is 23.2. The largest absolute Gasteiger partial charge is 0.369 e. The Balaban J connectivity index is 1.68. The molecule has 0 unspecified atom stereocenters. The van der Waals surface area contributed by atoms with E-state index in [4.69, 9.17) is 28.4 Å². The Morgan fingerprint density at radius 3 is 0.750 bits per heavy atom. The molecule has 4 aromatic carbocycles. The molecule has 0 saturated heterocycles. The molecule has 0 heterocycles. The molecule has 0 fully saturated rings. The van der Waals surface area contributed by atoms with Gasteiger partial charge in [-0.05, 0) is 88.0 Å². The molecule has 258 valence electrons. The second-order valence-corrected chi connectivity index (χ2v) is 11.8. The Morgan fingerprint density at radius 2 is 0.562 bits per heavy atom. The van der Waals surface area contributed by atoms with Gasteiger partial charge >= 0.3 is 0 Å². The van der Waals surface area contributed by atoms with Crippen LogP contribution in [0, 0.1) is 0 Å². The van der Waals surface area contributed by atoms with Crippen molar-refractivity contribution >= 4 is 17.1 Å². The molecule has 0 amide bonds. The Bertz CT molecular complexity index is 1320.